The maximum atomic E-state index is 11.2. The molecule has 4 heteroatoms. The number of ether oxygens (including phenoxy) is 1. The molecular weight excluding hydrogens is 304 g/mol. The van der Waals surface area contributed by atoms with Crippen molar-refractivity contribution in [3.8, 4) is 0 Å². The molecule has 3 rings (SSSR count). The molecule has 1 saturated heterocycles. The second kappa shape index (κ2) is 5.54. The number of fused-ring (bicyclic) bond motifs is 3. The summed E-state index contributed by atoms with van der Waals surface area (Å²) in [6, 6.07) is 0. The summed E-state index contributed by atoms with van der Waals surface area (Å²) in [5.41, 5.74) is -0.233. The van der Waals surface area contributed by atoms with Gasteiger partial charge in [0.1, 0.15) is 6.10 Å². The van der Waals surface area contributed by atoms with Crippen LogP contribution in [0.15, 0.2) is 11.6 Å². The van der Waals surface area contributed by atoms with Crippen LogP contribution in [0.5, 0.6) is 0 Å². The Kier molecular flexibility index (Phi) is 4.24. The molecule has 0 aromatic rings. The first-order valence-electron chi connectivity index (χ1n) is 9.34. The zero-order valence-electron chi connectivity index (χ0n) is 15.9. The Hall–Kier alpha value is -0.420. The van der Waals surface area contributed by atoms with Crippen molar-refractivity contribution < 1.29 is 20.1 Å². The number of allylic oxidation sites excluding steroid dienone is 1. The lowest BCUT2D eigenvalue weighted by Gasteiger charge is -2.63. The van der Waals surface area contributed by atoms with E-state index in [1.807, 2.05) is 26.8 Å². The summed E-state index contributed by atoms with van der Waals surface area (Å²) in [4.78, 5) is 0. The highest BCUT2D eigenvalue weighted by Crippen LogP contribution is 2.65. The molecule has 0 aromatic heterocycles. The Morgan fingerprint density at radius 1 is 1.08 bits per heavy atom. The van der Waals surface area contributed by atoms with Crippen molar-refractivity contribution in [1.82, 2.24) is 0 Å². The fourth-order valence-electron chi connectivity index (χ4n) is 6.59. The summed E-state index contributed by atoms with van der Waals surface area (Å²) in [5, 5.41) is 33.2. The van der Waals surface area contributed by atoms with Gasteiger partial charge in [0.25, 0.3) is 0 Å². The van der Waals surface area contributed by atoms with Gasteiger partial charge in [0.15, 0.2) is 0 Å². The summed E-state index contributed by atoms with van der Waals surface area (Å²) >= 11 is 0. The van der Waals surface area contributed by atoms with Crippen molar-refractivity contribution >= 4 is 0 Å². The van der Waals surface area contributed by atoms with E-state index in [4.69, 9.17) is 4.74 Å². The van der Waals surface area contributed by atoms with Crippen LogP contribution in [-0.4, -0.2) is 45.3 Å². The van der Waals surface area contributed by atoms with Crippen LogP contribution in [0.1, 0.15) is 60.8 Å². The molecule has 0 unspecified atom stereocenters. The first-order valence-corrected chi connectivity index (χ1v) is 9.34. The van der Waals surface area contributed by atoms with Crippen LogP contribution < -0.4 is 0 Å². The molecule has 3 N–H and O–H groups in total. The highest BCUT2D eigenvalue weighted by molar-refractivity contribution is 5.22. The van der Waals surface area contributed by atoms with Crippen molar-refractivity contribution in [3.63, 3.8) is 0 Å². The van der Waals surface area contributed by atoms with Crippen molar-refractivity contribution in [3.05, 3.63) is 11.6 Å². The van der Waals surface area contributed by atoms with Crippen molar-refractivity contribution in [2.45, 2.75) is 90.8 Å². The standard InChI is InChI=1S/C20H34O4/c1-7-11(2)15-14(23)17-19(5,24-15)10-12(21)16-18(3,4)9-8-13(22)20(16,17)6/h7,12-17,21-23H,8-10H2,1-6H3/b11-7+/t12-,13-,14-,15-,16+,17+,19-,20+/m1/s1. The normalized spacial score (nSPS) is 54.3. The minimum absolute atomic E-state index is 0.0465. The predicted octanol–water partition coefficient (Wildman–Crippen LogP) is 2.66. The molecule has 8 atom stereocenters. The maximum Gasteiger partial charge on any atom is 0.105 e. The van der Waals surface area contributed by atoms with Gasteiger partial charge in [-0.05, 0) is 50.5 Å². The third-order valence-electron chi connectivity index (χ3n) is 7.57. The molecule has 0 spiro atoms. The smallest absolute Gasteiger partial charge is 0.105 e. The fourth-order valence-corrected chi connectivity index (χ4v) is 6.59. The highest BCUT2D eigenvalue weighted by atomic mass is 16.5. The Bertz CT molecular complexity index is 542. The van der Waals surface area contributed by atoms with Crippen LogP contribution in [0.2, 0.25) is 0 Å². The zero-order valence-corrected chi connectivity index (χ0v) is 15.9. The monoisotopic (exact) mass is 338 g/mol. The number of aliphatic hydroxyl groups excluding tert-OH is 3. The van der Waals surface area contributed by atoms with Crippen LogP contribution in [0.4, 0.5) is 0 Å². The van der Waals surface area contributed by atoms with Gasteiger partial charge in [-0.15, -0.1) is 0 Å². The second-order valence-electron chi connectivity index (χ2n) is 9.51. The Labute approximate surface area is 145 Å². The summed E-state index contributed by atoms with van der Waals surface area (Å²) in [5.74, 6) is -0.234. The van der Waals surface area contributed by atoms with E-state index in [1.165, 1.54) is 0 Å². The molecule has 0 radical (unpaired) electrons. The van der Waals surface area contributed by atoms with Crippen LogP contribution in [0, 0.1) is 22.7 Å². The molecule has 3 aliphatic rings. The van der Waals surface area contributed by atoms with Crippen molar-refractivity contribution in [2.24, 2.45) is 22.7 Å². The first-order chi connectivity index (χ1) is 11.0. The quantitative estimate of drug-likeness (QED) is 0.643. The molecule has 1 aliphatic heterocycles. The van der Waals surface area contributed by atoms with E-state index in [9.17, 15) is 15.3 Å². The summed E-state index contributed by atoms with van der Waals surface area (Å²) in [7, 11) is 0. The Morgan fingerprint density at radius 3 is 2.29 bits per heavy atom. The number of rotatable bonds is 1. The Balaban J connectivity index is 2.11. The second-order valence-corrected chi connectivity index (χ2v) is 9.51. The van der Waals surface area contributed by atoms with E-state index in [0.29, 0.717) is 12.8 Å². The van der Waals surface area contributed by atoms with Gasteiger partial charge in [-0.3, -0.25) is 0 Å². The minimum Gasteiger partial charge on any atom is -0.393 e. The van der Waals surface area contributed by atoms with Gasteiger partial charge in [0, 0.05) is 17.8 Å². The van der Waals surface area contributed by atoms with E-state index in [1.54, 1.807) is 0 Å². The molecule has 0 amide bonds. The lowest BCUT2D eigenvalue weighted by Crippen LogP contribution is -2.67. The third-order valence-corrected chi connectivity index (χ3v) is 7.57. The summed E-state index contributed by atoms with van der Waals surface area (Å²) in [6.45, 7) is 12.4. The molecule has 2 saturated carbocycles. The van der Waals surface area contributed by atoms with E-state index in [2.05, 4.69) is 20.8 Å². The first kappa shape index (κ1) is 18.4. The van der Waals surface area contributed by atoms with Crippen molar-refractivity contribution in [2.75, 3.05) is 0 Å². The van der Waals surface area contributed by atoms with E-state index < -0.39 is 29.3 Å². The molecule has 0 aromatic carbocycles. The van der Waals surface area contributed by atoms with Crippen LogP contribution in [-0.2, 0) is 4.74 Å². The van der Waals surface area contributed by atoms with Gasteiger partial charge in [0.2, 0.25) is 0 Å². The fraction of sp³-hybridized carbons (Fsp3) is 0.900. The minimum atomic E-state index is -0.658. The molecule has 2 aliphatic carbocycles. The van der Waals surface area contributed by atoms with Crippen molar-refractivity contribution in [1.29, 1.82) is 0 Å². The molecule has 3 fully saturated rings. The predicted molar refractivity (Wildman–Crippen MR) is 93.4 cm³/mol. The summed E-state index contributed by atoms with van der Waals surface area (Å²) < 4.78 is 6.33. The average molecular weight is 338 g/mol. The van der Waals surface area contributed by atoms with Gasteiger partial charge < -0.3 is 20.1 Å². The number of hydrogen-bond acceptors (Lipinski definition) is 4. The molecule has 138 valence electrons. The molecule has 4 nitrogen and oxygen atoms in total. The maximum absolute atomic E-state index is 11.2. The van der Waals surface area contributed by atoms with E-state index in [-0.39, 0.29) is 23.4 Å². The van der Waals surface area contributed by atoms with Crippen LogP contribution in [0.25, 0.3) is 0 Å². The highest BCUT2D eigenvalue weighted by Gasteiger charge is 2.70. The van der Waals surface area contributed by atoms with Gasteiger partial charge >= 0.3 is 0 Å². The summed E-state index contributed by atoms with van der Waals surface area (Å²) in [6.07, 6.45) is 2.02. The SMILES string of the molecule is C/C=C(\C)[C@H]1O[C@]2(C)C[C@@H](O)[C@H]3C(C)(C)CC[C@@H](O)[C@]3(C)[C@H]2[C@@H]1O. The lowest BCUT2D eigenvalue weighted by molar-refractivity contribution is -0.242. The zero-order chi connectivity index (χ0) is 18.1. The molecule has 1 heterocycles. The molecular formula is C20H34O4. The largest absolute Gasteiger partial charge is 0.393 e. The Morgan fingerprint density at radius 2 is 1.71 bits per heavy atom. The molecule has 0 bridgehead atoms. The van der Waals surface area contributed by atoms with Crippen LogP contribution >= 0.6 is 0 Å². The van der Waals surface area contributed by atoms with Gasteiger partial charge in [-0.25, -0.2) is 0 Å². The van der Waals surface area contributed by atoms with Gasteiger partial charge in [0.05, 0.1) is 23.9 Å². The lowest BCUT2D eigenvalue weighted by atomic mass is 9.43. The number of hydrogen-bond donors (Lipinski definition) is 3. The topological polar surface area (TPSA) is 69.9 Å². The van der Waals surface area contributed by atoms with Gasteiger partial charge in [-0.2, -0.15) is 0 Å². The van der Waals surface area contributed by atoms with E-state index in [0.717, 1.165) is 12.0 Å². The van der Waals surface area contributed by atoms with Crippen LogP contribution in [0.3, 0.4) is 0 Å². The number of aliphatic hydroxyl groups is 3. The van der Waals surface area contributed by atoms with E-state index >= 15 is 0 Å². The molecule has 24 heavy (non-hydrogen) atoms. The van der Waals surface area contributed by atoms with Gasteiger partial charge in [-0.1, -0.05) is 26.8 Å². The third kappa shape index (κ3) is 2.26. The average Bonchev–Trinajstić information content (AvgIpc) is 2.74.